The van der Waals surface area contributed by atoms with E-state index in [1.165, 1.54) is 0 Å². The summed E-state index contributed by atoms with van der Waals surface area (Å²) in [5.74, 6) is -1.35. The normalized spacial score (nSPS) is 50.6. The van der Waals surface area contributed by atoms with Gasteiger partial charge in [0.15, 0.2) is 0 Å². The summed E-state index contributed by atoms with van der Waals surface area (Å²) in [6, 6.07) is 0. The number of fused-ring (bicyclic) bond motifs is 7. The Morgan fingerprint density at radius 3 is 2.26 bits per heavy atom. The highest BCUT2D eigenvalue weighted by molar-refractivity contribution is 5.84. The standard InChI is InChI=1S/C30H44O5/c1-17-9-14-29(24(32)33)15-16-30(25(34)35)19(23(29)18(17)2)7-8-21-27(5)12-11-22(31)26(3,4)20(27)10-13-28(21,30)6/h7,18,20-23,31H,1,8-16H2,2-6H3,(H,32,33)(H,34,35)/t18-,20-,21+,22-,23-,27-,28+,29-,30+/m0/s1. The molecule has 194 valence electrons. The lowest BCUT2D eigenvalue weighted by Crippen LogP contribution is -2.67. The van der Waals surface area contributed by atoms with E-state index in [0.717, 1.165) is 43.3 Å². The third-order valence-electron chi connectivity index (χ3n) is 12.8. The topological polar surface area (TPSA) is 94.8 Å². The fraction of sp³-hybridized carbons (Fsp3) is 0.800. The number of carboxylic acid groups (broad SMARTS) is 2. The van der Waals surface area contributed by atoms with Crippen LogP contribution in [0.5, 0.6) is 0 Å². The first kappa shape index (κ1) is 25.0. The number of carboxylic acids is 2. The van der Waals surface area contributed by atoms with Crippen LogP contribution >= 0.6 is 0 Å². The molecule has 0 amide bonds. The van der Waals surface area contributed by atoms with Gasteiger partial charge in [0.1, 0.15) is 0 Å². The van der Waals surface area contributed by atoms with Crippen LogP contribution in [0, 0.1) is 50.7 Å². The molecule has 0 unspecified atom stereocenters. The summed E-state index contributed by atoms with van der Waals surface area (Å²) in [6.07, 6.45) is 8.11. The molecule has 0 heterocycles. The van der Waals surface area contributed by atoms with Crippen LogP contribution in [0.1, 0.15) is 92.4 Å². The second kappa shape index (κ2) is 7.46. The van der Waals surface area contributed by atoms with Crippen LogP contribution in [-0.2, 0) is 9.59 Å². The van der Waals surface area contributed by atoms with E-state index in [4.69, 9.17) is 0 Å². The molecule has 5 heteroatoms. The molecule has 0 spiro atoms. The number of aliphatic carboxylic acids is 2. The van der Waals surface area contributed by atoms with Crippen LogP contribution < -0.4 is 0 Å². The molecule has 5 rings (SSSR count). The molecule has 4 saturated carbocycles. The third-order valence-corrected chi connectivity index (χ3v) is 12.8. The van der Waals surface area contributed by atoms with Crippen molar-refractivity contribution in [2.24, 2.45) is 50.7 Å². The Balaban J connectivity index is 1.69. The van der Waals surface area contributed by atoms with E-state index in [1.54, 1.807) is 0 Å². The Morgan fingerprint density at radius 1 is 0.943 bits per heavy atom. The minimum absolute atomic E-state index is 0.0408. The number of aliphatic hydroxyl groups is 1. The molecule has 35 heavy (non-hydrogen) atoms. The number of hydrogen-bond donors (Lipinski definition) is 3. The first-order chi connectivity index (χ1) is 16.2. The monoisotopic (exact) mass is 484 g/mol. The van der Waals surface area contributed by atoms with Crippen molar-refractivity contribution in [3.05, 3.63) is 23.8 Å². The SMILES string of the molecule is C=C1CC[C@]2(C(=O)O)CC[C@]3(C(=O)O)C(=CC[C@@H]4[C@@]5(C)CC[C@H](O)C(C)(C)[C@@H]5CC[C@]43C)[C@@H]2[C@H]1C. The quantitative estimate of drug-likeness (QED) is 0.413. The number of carbonyl (C=O) groups is 2. The molecule has 0 saturated heterocycles. The zero-order chi connectivity index (χ0) is 25.8. The number of rotatable bonds is 2. The largest absolute Gasteiger partial charge is 0.481 e. The van der Waals surface area contributed by atoms with Gasteiger partial charge in [-0.15, -0.1) is 0 Å². The summed E-state index contributed by atoms with van der Waals surface area (Å²) in [7, 11) is 0. The predicted octanol–water partition coefficient (Wildman–Crippen LogP) is 6.07. The molecule has 5 nitrogen and oxygen atoms in total. The van der Waals surface area contributed by atoms with Gasteiger partial charge in [-0.05, 0) is 91.8 Å². The Bertz CT molecular complexity index is 1010. The van der Waals surface area contributed by atoms with Crippen LogP contribution in [0.3, 0.4) is 0 Å². The average Bonchev–Trinajstić information content (AvgIpc) is 2.78. The van der Waals surface area contributed by atoms with Crippen molar-refractivity contribution in [3.8, 4) is 0 Å². The molecule has 0 aromatic carbocycles. The highest BCUT2D eigenvalue weighted by Crippen LogP contribution is 2.75. The second-order valence-corrected chi connectivity index (χ2v) is 13.9. The van der Waals surface area contributed by atoms with Crippen molar-refractivity contribution < 1.29 is 24.9 Å². The van der Waals surface area contributed by atoms with Crippen molar-refractivity contribution in [2.75, 3.05) is 0 Å². The summed E-state index contributed by atoms with van der Waals surface area (Å²) in [5.41, 5.74) is -0.691. The van der Waals surface area contributed by atoms with E-state index in [1.807, 2.05) is 0 Å². The predicted molar refractivity (Wildman–Crippen MR) is 135 cm³/mol. The second-order valence-electron chi connectivity index (χ2n) is 13.9. The van der Waals surface area contributed by atoms with Crippen molar-refractivity contribution in [1.29, 1.82) is 0 Å². The summed E-state index contributed by atoms with van der Waals surface area (Å²) in [5, 5.41) is 32.4. The van der Waals surface area contributed by atoms with E-state index < -0.39 is 28.2 Å². The minimum atomic E-state index is -1.04. The number of aliphatic hydroxyl groups excluding tert-OH is 1. The van der Waals surface area contributed by atoms with Gasteiger partial charge in [0.25, 0.3) is 0 Å². The third kappa shape index (κ3) is 2.80. The summed E-state index contributed by atoms with van der Waals surface area (Å²) in [6.45, 7) is 15.3. The van der Waals surface area contributed by atoms with Crippen molar-refractivity contribution in [2.45, 2.75) is 98.5 Å². The van der Waals surface area contributed by atoms with Crippen molar-refractivity contribution in [1.82, 2.24) is 0 Å². The number of hydrogen-bond acceptors (Lipinski definition) is 3. The molecular formula is C30H44O5. The van der Waals surface area contributed by atoms with Gasteiger partial charge in [-0.3, -0.25) is 9.59 Å². The molecule has 4 fully saturated rings. The zero-order valence-corrected chi connectivity index (χ0v) is 22.2. The Kier molecular flexibility index (Phi) is 5.34. The van der Waals surface area contributed by atoms with E-state index in [9.17, 15) is 24.9 Å². The minimum Gasteiger partial charge on any atom is -0.481 e. The van der Waals surface area contributed by atoms with E-state index in [-0.39, 0.29) is 34.7 Å². The zero-order valence-electron chi connectivity index (χ0n) is 22.2. The fourth-order valence-electron chi connectivity index (χ4n) is 10.7. The molecule has 5 aliphatic rings. The van der Waals surface area contributed by atoms with Crippen LogP contribution in [0.25, 0.3) is 0 Å². The Labute approximate surface area is 210 Å². The maximum Gasteiger partial charge on any atom is 0.314 e. The molecule has 0 aliphatic heterocycles. The van der Waals surface area contributed by atoms with Crippen LogP contribution in [-0.4, -0.2) is 33.4 Å². The van der Waals surface area contributed by atoms with E-state index >= 15 is 0 Å². The van der Waals surface area contributed by atoms with Crippen LogP contribution in [0.15, 0.2) is 23.8 Å². The van der Waals surface area contributed by atoms with Crippen LogP contribution in [0.2, 0.25) is 0 Å². The van der Waals surface area contributed by atoms with Gasteiger partial charge in [-0.25, -0.2) is 0 Å². The maximum absolute atomic E-state index is 13.5. The summed E-state index contributed by atoms with van der Waals surface area (Å²) >= 11 is 0. The van der Waals surface area contributed by atoms with Crippen LogP contribution in [0.4, 0.5) is 0 Å². The first-order valence-corrected chi connectivity index (χ1v) is 13.7. The molecule has 3 N–H and O–H groups in total. The first-order valence-electron chi connectivity index (χ1n) is 13.7. The van der Waals surface area contributed by atoms with Crippen molar-refractivity contribution >= 4 is 11.9 Å². The van der Waals surface area contributed by atoms with Crippen molar-refractivity contribution in [3.63, 3.8) is 0 Å². The van der Waals surface area contributed by atoms with Gasteiger partial charge >= 0.3 is 11.9 Å². The van der Waals surface area contributed by atoms with Gasteiger partial charge in [0.2, 0.25) is 0 Å². The molecule has 5 aliphatic carbocycles. The summed E-state index contributed by atoms with van der Waals surface area (Å²) < 4.78 is 0. The van der Waals surface area contributed by atoms with Gasteiger partial charge in [-0.2, -0.15) is 0 Å². The lowest BCUT2D eigenvalue weighted by atomic mass is 9.33. The molecular weight excluding hydrogens is 440 g/mol. The molecule has 9 atom stereocenters. The highest BCUT2D eigenvalue weighted by atomic mass is 16.4. The molecule has 0 aromatic heterocycles. The van der Waals surface area contributed by atoms with Gasteiger partial charge in [-0.1, -0.05) is 58.4 Å². The lowest BCUT2D eigenvalue weighted by molar-refractivity contribution is -0.215. The molecule has 0 bridgehead atoms. The number of allylic oxidation sites excluding steroid dienone is 2. The average molecular weight is 485 g/mol. The summed E-state index contributed by atoms with van der Waals surface area (Å²) in [4.78, 5) is 26.3. The van der Waals surface area contributed by atoms with Gasteiger partial charge < -0.3 is 15.3 Å². The van der Waals surface area contributed by atoms with Gasteiger partial charge in [0.05, 0.1) is 16.9 Å². The molecule has 0 aromatic rings. The van der Waals surface area contributed by atoms with E-state index in [2.05, 4.69) is 47.3 Å². The van der Waals surface area contributed by atoms with Gasteiger partial charge in [0, 0.05) is 5.92 Å². The Morgan fingerprint density at radius 2 is 1.63 bits per heavy atom. The molecule has 0 radical (unpaired) electrons. The lowest BCUT2D eigenvalue weighted by Gasteiger charge is -2.70. The van der Waals surface area contributed by atoms with E-state index in [0.29, 0.717) is 31.6 Å². The highest BCUT2D eigenvalue weighted by Gasteiger charge is 2.73. The maximum atomic E-state index is 13.5. The Hall–Kier alpha value is -1.62. The smallest absolute Gasteiger partial charge is 0.314 e. The fourth-order valence-corrected chi connectivity index (χ4v) is 10.7.